The Bertz CT molecular complexity index is 500. The first-order chi connectivity index (χ1) is 7.06. The van der Waals surface area contributed by atoms with E-state index in [0.29, 0.717) is 12.1 Å². The number of hydrogen-bond acceptors (Lipinski definition) is 3. The van der Waals surface area contributed by atoms with Crippen molar-refractivity contribution in [3.63, 3.8) is 0 Å². The van der Waals surface area contributed by atoms with E-state index < -0.39 is 22.2 Å². The third kappa shape index (κ3) is 2.26. The van der Waals surface area contributed by atoms with Gasteiger partial charge in [0, 0.05) is 11.5 Å². The number of nitriles is 1. The molecule has 0 aliphatic rings. The predicted octanol–water partition coefficient (Wildman–Crippen LogP) is 1.75. The molecule has 0 unspecified atom stereocenters. The van der Waals surface area contributed by atoms with Crippen LogP contribution in [-0.4, -0.2) is 4.92 Å². The summed E-state index contributed by atoms with van der Waals surface area (Å²) in [5.41, 5.74) is -1.35. The Hall–Kier alpha value is -2.47. The van der Waals surface area contributed by atoms with Crippen LogP contribution in [0.1, 0.15) is 5.56 Å². The molecule has 0 aliphatic carbocycles. The maximum atomic E-state index is 13.0. The van der Waals surface area contributed by atoms with E-state index >= 15 is 0 Å². The fourth-order valence-electron chi connectivity index (χ4n) is 0.912. The average Bonchev–Trinajstić information content (AvgIpc) is 2.12. The van der Waals surface area contributed by atoms with Gasteiger partial charge in [-0.05, 0) is 12.1 Å². The molecule has 1 rings (SSSR count). The molecule has 0 spiro atoms. The van der Waals surface area contributed by atoms with Gasteiger partial charge in [0.1, 0.15) is 0 Å². The molecule has 0 radical (unpaired) electrons. The van der Waals surface area contributed by atoms with Crippen molar-refractivity contribution in [2.24, 2.45) is 0 Å². The summed E-state index contributed by atoms with van der Waals surface area (Å²) < 4.78 is 25.9. The third-order valence-corrected chi connectivity index (χ3v) is 1.46. The highest BCUT2D eigenvalue weighted by molar-refractivity contribution is 5.45. The summed E-state index contributed by atoms with van der Waals surface area (Å²) in [6.07, 6.45) is 0. The Labute approximate surface area is 82.9 Å². The minimum absolute atomic E-state index is 0.128. The second kappa shape index (κ2) is 4.16. The second-order valence-electron chi connectivity index (χ2n) is 2.41. The Balaban J connectivity index is 3.33. The van der Waals surface area contributed by atoms with Gasteiger partial charge in [-0.2, -0.15) is 14.0 Å². The van der Waals surface area contributed by atoms with Crippen LogP contribution in [0.25, 0.3) is 0 Å². The molecular weight excluding hydrogens is 206 g/mol. The third-order valence-electron chi connectivity index (χ3n) is 1.46. The fraction of sp³-hybridized carbons (Fsp3) is 0. The summed E-state index contributed by atoms with van der Waals surface area (Å²) in [5.74, 6) is 1.41. The first kappa shape index (κ1) is 10.6. The smallest absolute Gasteiger partial charge is 0.258 e. The van der Waals surface area contributed by atoms with Gasteiger partial charge in [0.05, 0.1) is 4.92 Å². The molecule has 0 bridgehead atoms. The van der Waals surface area contributed by atoms with Gasteiger partial charge in [0.2, 0.25) is 11.6 Å². The van der Waals surface area contributed by atoms with Gasteiger partial charge < -0.3 is 0 Å². The molecule has 15 heavy (non-hydrogen) atoms. The molecule has 0 fully saturated rings. The van der Waals surface area contributed by atoms with Crippen molar-refractivity contribution in [1.29, 1.82) is 5.26 Å². The second-order valence-corrected chi connectivity index (χ2v) is 2.41. The molecule has 74 valence electrons. The van der Waals surface area contributed by atoms with Crippen LogP contribution in [0.2, 0.25) is 0 Å². The maximum Gasteiger partial charge on any atom is 0.340 e. The highest BCUT2D eigenvalue weighted by Gasteiger charge is 2.21. The van der Waals surface area contributed by atoms with Gasteiger partial charge in [-0.15, -0.1) is 0 Å². The van der Waals surface area contributed by atoms with Crippen LogP contribution in [0.5, 0.6) is 0 Å². The van der Waals surface area contributed by atoms with Crippen LogP contribution >= 0.6 is 0 Å². The molecule has 0 saturated carbocycles. The molecule has 0 amide bonds. The summed E-state index contributed by atoms with van der Waals surface area (Å²) in [7, 11) is 0. The normalized spacial score (nSPS) is 8.60. The van der Waals surface area contributed by atoms with Gasteiger partial charge in [0.25, 0.3) is 0 Å². The minimum atomic E-state index is -1.32. The Morgan fingerprint density at radius 3 is 2.27 bits per heavy atom. The van der Waals surface area contributed by atoms with Crippen molar-refractivity contribution in [3.8, 4) is 17.9 Å². The lowest BCUT2D eigenvalue weighted by Crippen LogP contribution is -1.97. The Morgan fingerprint density at radius 1 is 1.33 bits per heavy atom. The molecule has 0 heterocycles. The number of hydrogen-bond donors (Lipinski definition) is 0. The van der Waals surface area contributed by atoms with Crippen LogP contribution in [0.3, 0.4) is 0 Å². The summed E-state index contributed by atoms with van der Waals surface area (Å²) >= 11 is 0. The van der Waals surface area contributed by atoms with E-state index in [4.69, 9.17) is 5.26 Å². The maximum absolute atomic E-state index is 13.0. The van der Waals surface area contributed by atoms with Gasteiger partial charge in [-0.1, -0.05) is 5.92 Å². The zero-order valence-corrected chi connectivity index (χ0v) is 7.12. The van der Waals surface area contributed by atoms with Crippen LogP contribution in [0.15, 0.2) is 12.1 Å². The molecule has 4 nitrogen and oxygen atoms in total. The first-order valence-corrected chi connectivity index (χ1v) is 3.60. The zero-order chi connectivity index (χ0) is 11.4. The minimum Gasteiger partial charge on any atom is -0.258 e. The van der Waals surface area contributed by atoms with Crippen LogP contribution in [0, 0.1) is 44.9 Å². The van der Waals surface area contributed by atoms with Crippen molar-refractivity contribution in [1.82, 2.24) is 0 Å². The topological polar surface area (TPSA) is 66.9 Å². The number of nitro groups is 1. The quantitative estimate of drug-likeness (QED) is 0.401. The van der Waals surface area contributed by atoms with Crippen LogP contribution in [0.4, 0.5) is 14.5 Å². The summed E-state index contributed by atoms with van der Waals surface area (Å²) in [5, 5.41) is 18.3. The zero-order valence-electron chi connectivity index (χ0n) is 7.12. The van der Waals surface area contributed by atoms with Crippen LogP contribution in [-0.2, 0) is 0 Å². The summed E-state index contributed by atoms with van der Waals surface area (Å²) in [4.78, 5) is 9.04. The van der Waals surface area contributed by atoms with E-state index in [-0.39, 0.29) is 5.56 Å². The monoisotopic (exact) mass is 208 g/mol. The number of nitro benzene ring substituents is 1. The highest BCUT2D eigenvalue weighted by Crippen LogP contribution is 2.22. The standard InChI is InChI=1S/C9H2F2N2O2/c10-7-4-6(2-1-3-12)5-8(11)9(7)13(14)15/h4-5H. The van der Waals surface area contributed by atoms with Crippen molar-refractivity contribution < 1.29 is 13.7 Å². The van der Waals surface area contributed by atoms with E-state index in [1.54, 1.807) is 0 Å². The van der Waals surface area contributed by atoms with Crippen molar-refractivity contribution in [2.75, 3.05) is 0 Å². The molecule has 0 aromatic heterocycles. The molecule has 0 N–H and O–H groups in total. The SMILES string of the molecule is N#CC#Cc1cc(F)c([N+](=O)[O-])c(F)c1. The van der Waals surface area contributed by atoms with Gasteiger partial charge in [0.15, 0.2) is 6.07 Å². The van der Waals surface area contributed by atoms with Crippen molar-refractivity contribution in [3.05, 3.63) is 39.4 Å². The Morgan fingerprint density at radius 2 is 1.87 bits per heavy atom. The average molecular weight is 208 g/mol. The van der Waals surface area contributed by atoms with E-state index in [0.717, 1.165) is 0 Å². The lowest BCUT2D eigenvalue weighted by Gasteiger charge is -1.96. The van der Waals surface area contributed by atoms with Gasteiger partial charge in [-0.3, -0.25) is 10.1 Å². The molecule has 0 aliphatic heterocycles. The van der Waals surface area contributed by atoms with Gasteiger partial charge in [-0.25, -0.2) is 0 Å². The largest absolute Gasteiger partial charge is 0.340 e. The summed E-state index contributed by atoms with van der Waals surface area (Å²) in [6, 6.07) is 2.85. The highest BCUT2D eigenvalue weighted by atomic mass is 19.1. The molecule has 0 saturated heterocycles. The van der Waals surface area contributed by atoms with Crippen LogP contribution < -0.4 is 0 Å². The van der Waals surface area contributed by atoms with Crippen molar-refractivity contribution >= 4 is 5.69 Å². The number of rotatable bonds is 1. The molecule has 0 atom stereocenters. The molecule has 6 heteroatoms. The first-order valence-electron chi connectivity index (χ1n) is 3.60. The number of halogens is 2. The molecule has 1 aromatic carbocycles. The van der Waals surface area contributed by atoms with Crippen molar-refractivity contribution in [2.45, 2.75) is 0 Å². The number of benzene rings is 1. The molecular formula is C9H2F2N2O2. The fourth-order valence-corrected chi connectivity index (χ4v) is 0.912. The summed E-state index contributed by atoms with van der Waals surface area (Å²) in [6.45, 7) is 0. The lowest BCUT2D eigenvalue weighted by atomic mass is 10.2. The van der Waals surface area contributed by atoms with E-state index in [2.05, 4.69) is 5.92 Å². The van der Waals surface area contributed by atoms with E-state index in [9.17, 15) is 18.9 Å². The molecule has 1 aromatic rings. The van der Waals surface area contributed by atoms with Gasteiger partial charge >= 0.3 is 5.69 Å². The van der Waals surface area contributed by atoms with E-state index in [1.807, 2.05) is 5.92 Å². The lowest BCUT2D eigenvalue weighted by molar-refractivity contribution is -0.390. The van der Waals surface area contributed by atoms with E-state index in [1.165, 1.54) is 6.07 Å². The predicted molar refractivity (Wildman–Crippen MR) is 45.5 cm³/mol. The Kier molecular flexibility index (Phi) is 2.94. The number of nitrogens with zero attached hydrogens (tertiary/aromatic N) is 2.